The van der Waals surface area contributed by atoms with Crippen LogP contribution in [-0.4, -0.2) is 49.4 Å². The summed E-state index contributed by atoms with van der Waals surface area (Å²) in [5.41, 5.74) is 1.41. The molecule has 0 saturated carbocycles. The summed E-state index contributed by atoms with van der Waals surface area (Å²) < 4.78 is 7.19. The van der Waals surface area contributed by atoms with E-state index in [0.29, 0.717) is 22.1 Å². The van der Waals surface area contributed by atoms with Crippen molar-refractivity contribution in [1.29, 1.82) is 0 Å². The molecule has 0 spiro atoms. The summed E-state index contributed by atoms with van der Waals surface area (Å²) in [5.74, 6) is 0.830. The van der Waals surface area contributed by atoms with Gasteiger partial charge >= 0.3 is 0 Å². The number of non-ortho nitro benzene ring substituents is 1. The highest BCUT2D eigenvalue weighted by molar-refractivity contribution is 7.20. The van der Waals surface area contributed by atoms with Gasteiger partial charge < -0.3 is 9.64 Å². The first-order valence-corrected chi connectivity index (χ1v) is 9.39. The van der Waals surface area contributed by atoms with Crippen LogP contribution < -0.4 is 4.74 Å². The minimum atomic E-state index is -0.468. The van der Waals surface area contributed by atoms with Crippen molar-refractivity contribution < 1.29 is 14.5 Å². The van der Waals surface area contributed by atoms with Gasteiger partial charge in [-0.1, -0.05) is 0 Å². The number of benzene rings is 1. The summed E-state index contributed by atoms with van der Waals surface area (Å²) in [7, 11) is 3.42. The zero-order valence-electron chi connectivity index (χ0n) is 15.8. The molecule has 4 aromatic rings. The number of carbonyl (C=O) groups excluding carboxylic acids is 1. The third-order valence-corrected chi connectivity index (χ3v) is 5.52. The van der Waals surface area contributed by atoms with Crippen molar-refractivity contribution in [3.8, 4) is 5.75 Å². The van der Waals surface area contributed by atoms with Crippen molar-refractivity contribution >= 4 is 38.8 Å². The van der Waals surface area contributed by atoms with Crippen LogP contribution in [0.4, 0.5) is 5.69 Å². The predicted octanol–water partition coefficient (Wildman–Crippen LogP) is 2.84. The number of amides is 1. The van der Waals surface area contributed by atoms with Gasteiger partial charge in [0, 0.05) is 26.2 Å². The lowest BCUT2D eigenvalue weighted by Gasteiger charge is -2.08. The average Bonchev–Trinajstić information content (AvgIpc) is 3.26. The van der Waals surface area contributed by atoms with Crippen LogP contribution in [0.3, 0.4) is 0 Å². The zero-order chi connectivity index (χ0) is 20.7. The van der Waals surface area contributed by atoms with Gasteiger partial charge in [-0.15, -0.1) is 16.4 Å². The molecule has 3 aromatic heterocycles. The monoisotopic (exact) mass is 412 g/mol. The van der Waals surface area contributed by atoms with Crippen molar-refractivity contribution in [3.05, 3.63) is 57.0 Å². The molecule has 3 heterocycles. The number of thiophene rings is 1. The van der Waals surface area contributed by atoms with Crippen LogP contribution in [0.1, 0.15) is 21.1 Å². The number of nitrogens with zero attached hydrogens (tertiary/aromatic N) is 6. The molecule has 0 atom stereocenters. The summed E-state index contributed by atoms with van der Waals surface area (Å²) in [6, 6.07) is 5.79. The second kappa shape index (κ2) is 7.09. The lowest BCUT2D eigenvalue weighted by Crippen LogP contribution is -2.21. The van der Waals surface area contributed by atoms with Gasteiger partial charge in [0.05, 0.1) is 15.2 Å². The number of hydrogen-bond acceptors (Lipinski definition) is 8. The highest BCUT2D eigenvalue weighted by Crippen LogP contribution is 2.32. The van der Waals surface area contributed by atoms with Gasteiger partial charge in [-0.2, -0.15) is 0 Å². The molecule has 0 unspecified atom stereocenters. The molecule has 0 fully saturated rings. The molecule has 1 amide bonds. The molecule has 0 N–H and O–H groups in total. The number of nitro groups is 1. The van der Waals surface area contributed by atoms with Crippen molar-refractivity contribution in [3.63, 3.8) is 0 Å². The smallest absolute Gasteiger partial charge is 0.269 e. The fourth-order valence-corrected chi connectivity index (χ4v) is 4.02. The molecule has 0 aliphatic carbocycles. The van der Waals surface area contributed by atoms with E-state index in [4.69, 9.17) is 4.74 Å². The van der Waals surface area contributed by atoms with E-state index in [1.807, 2.05) is 6.92 Å². The van der Waals surface area contributed by atoms with Gasteiger partial charge in [-0.25, -0.2) is 14.5 Å². The Bertz CT molecular complexity index is 1240. The first kappa shape index (κ1) is 18.7. The van der Waals surface area contributed by atoms with Gasteiger partial charge in [0.2, 0.25) is 0 Å². The number of hydrogen-bond donors (Lipinski definition) is 0. The molecule has 0 bridgehead atoms. The highest BCUT2D eigenvalue weighted by atomic mass is 32.1. The Balaban J connectivity index is 1.64. The Hall–Kier alpha value is -3.60. The van der Waals surface area contributed by atoms with E-state index in [1.54, 1.807) is 24.9 Å². The molecular formula is C18H16N6O4S. The molecule has 11 heteroatoms. The molecule has 4 rings (SSSR count). The second-order valence-corrected chi connectivity index (χ2v) is 7.52. The molecule has 148 valence electrons. The fourth-order valence-electron chi connectivity index (χ4n) is 2.86. The number of nitro benzene ring substituents is 1. The fraction of sp³-hybridized carbons (Fsp3) is 0.222. The van der Waals surface area contributed by atoms with Crippen LogP contribution in [0.15, 0.2) is 30.6 Å². The Labute approximate surface area is 168 Å². The van der Waals surface area contributed by atoms with Crippen molar-refractivity contribution in [1.82, 2.24) is 24.5 Å². The van der Waals surface area contributed by atoms with Crippen LogP contribution in [0.2, 0.25) is 0 Å². The zero-order valence-corrected chi connectivity index (χ0v) is 16.6. The maximum atomic E-state index is 12.4. The molecule has 0 radical (unpaired) electrons. The summed E-state index contributed by atoms with van der Waals surface area (Å²) in [5, 5.41) is 15.9. The number of fused-ring (bicyclic) bond motifs is 3. The largest absolute Gasteiger partial charge is 0.486 e. The lowest BCUT2D eigenvalue weighted by atomic mass is 10.2. The van der Waals surface area contributed by atoms with Gasteiger partial charge in [-0.3, -0.25) is 14.9 Å². The molecule has 0 saturated heterocycles. The molecule has 29 heavy (non-hydrogen) atoms. The highest BCUT2D eigenvalue weighted by Gasteiger charge is 2.21. The molecule has 10 nitrogen and oxygen atoms in total. The van der Waals surface area contributed by atoms with E-state index in [2.05, 4.69) is 15.1 Å². The van der Waals surface area contributed by atoms with Crippen LogP contribution >= 0.6 is 11.3 Å². The minimum Gasteiger partial charge on any atom is -0.486 e. The van der Waals surface area contributed by atoms with Crippen molar-refractivity contribution in [2.24, 2.45) is 0 Å². The molecule has 0 aliphatic heterocycles. The van der Waals surface area contributed by atoms with Crippen molar-refractivity contribution in [2.75, 3.05) is 14.1 Å². The third-order valence-electron chi connectivity index (χ3n) is 4.33. The first-order chi connectivity index (χ1) is 13.8. The number of aromatic nitrogens is 4. The van der Waals surface area contributed by atoms with Gasteiger partial charge in [0.1, 0.15) is 23.5 Å². The first-order valence-electron chi connectivity index (χ1n) is 8.57. The standard InChI is InChI=1S/C18H16N6O4S/c1-10-14-16-20-13(8-28-12-6-4-11(5-7-12)24(26)27)21-23(16)9-19-17(14)29-15(10)18(25)22(2)3/h4-7,9H,8H2,1-3H3. The number of aryl methyl sites for hydroxylation is 1. The number of ether oxygens (including phenoxy) is 1. The van der Waals surface area contributed by atoms with Gasteiger partial charge in [0.25, 0.3) is 11.6 Å². The Morgan fingerprint density at radius 3 is 2.69 bits per heavy atom. The quantitative estimate of drug-likeness (QED) is 0.365. The maximum absolute atomic E-state index is 12.4. The topological polar surface area (TPSA) is 116 Å². The van der Waals surface area contributed by atoms with Crippen LogP contribution in [0, 0.1) is 17.0 Å². The third kappa shape index (κ3) is 3.36. The Kier molecular flexibility index (Phi) is 4.59. The Morgan fingerprint density at radius 2 is 2.03 bits per heavy atom. The van der Waals surface area contributed by atoms with Gasteiger partial charge in [-0.05, 0) is 24.6 Å². The normalized spacial score (nSPS) is 11.1. The second-order valence-electron chi connectivity index (χ2n) is 6.52. The van der Waals surface area contributed by atoms with Crippen molar-refractivity contribution in [2.45, 2.75) is 13.5 Å². The van der Waals surface area contributed by atoms with E-state index in [9.17, 15) is 14.9 Å². The lowest BCUT2D eigenvalue weighted by molar-refractivity contribution is -0.384. The maximum Gasteiger partial charge on any atom is 0.269 e. The molecular weight excluding hydrogens is 396 g/mol. The summed E-state index contributed by atoms with van der Waals surface area (Å²) in [6.07, 6.45) is 1.56. The van der Waals surface area contributed by atoms with E-state index >= 15 is 0 Å². The van der Waals surface area contributed by atoms with Gasteiger partial charge in [0.15, 0.2) is 11.5 Å². The SMILES string of the molecule is Cc1c(C(=O)N(C)C)sc2ncn3nc(COc4ccc([N+](=O)[O-])cc4)nc3c12. The Morgan fingerprint density at radius 1 is 1.31 bits per heavy atom. The molecule has 1 aromatic carbocycles. The van der Waals surface area contributed by atoms with Crippen LogP contribution in [-0.2, 0) is 6.61 Å². The summed E-state index contributed by atoms with van der Waals surface area (Å²) in [6.45, 7) is 1.96. The number of rotatable bonds is 5. The molecule has 0 aliphatic rings. The summed E-state index contributed by atoms with van der Waals surface area (Å²) >= 11 is 1.33. The average molecular weight is 412 g/mol. The van der Waals surface area contributed by atoms with E-state index in [0.717, 1.165) is 15.8 Å². The van der Waals surface area contributed by atoms with Crippen LogP contribution in [0.5, 0.6) is 5.75 Å². The predicted molar refractivity (Wildman–Crippen MR) is 106 cm³/mol. The summed E-state index contributed by atoms with van der Waals surface area (Å²) in [4.78, 5) is 34.5. The van der Waals surface area contributed by atoms with E-state index in [1.165, 1.54) is 40.5 Å². The number of carbonyl (C=O) groups is 1. The minimum absolute atomic E-state index is 0.00678. The van der Waals surface area contributed by atoms with Crippen LogP contribution in [0.25, 0.3) is 15.9 Å². The van der Waals surface area contributed by atoms with E-state index < -0.39 is 4.92 Å². The van der Waals surface area contributed by atoms with E-state index in [-0.39, 0.29) is 18.2 Å².